The van der Waals surface area contributed by atoms with Gasteiger partial charge in [0.2, 0.25) is 5.91 Å². The predicted octanol–water partition coefficient (Wildman–Crippen LogP) is 2.97. The molecule has 1 aromatic carbocycles. The first-order valence-electron chi connectivity index (χ1n) is 10.2. The van der Waals surface area contributed by atoms with E-state index in [2.05, 4.69) is 10.2 Å². The van der Waals surface area contributed by atoms with Crippen molar-refractivity contribution in [3.8, 4) is 0 Å². The lowest BCUT2D eigenvalue weighted by Crippen LogP contribution is -2.55. The molecule has 0 bridgehead atoms. The Kier molecular flexibility index (Phi) is 5.75. The van der Waals surface area contributed by atoms with E-state index in [-0.39, 0.29) is 24.3 Å². The first-order chi connectivity index (χ1) is 14.4. The number of guanidine groups is 1. The van der Waals surface area contributed by atoms with Gasteiger partial charge >= 0.3 is 0 Å². The number of amides is 1. The second kappa shape index (κ2) is 8.32. The molecule has 30 heavy (non-hydrogen) atoms. The number of ether oxygens (including phenoxy) is 1. The summed E-state index contributed by atoms with van der Waals surface area (Å²) in [6, 6.07) is 9.73. The van der Waals surface area contributed by atoms with E-state index in [1.807, 2.05) is 44.2 Å². The molecule has 0 spiro atoms. The Morgan fingerprint density at radius 1 is 1.23 bits per heavy atom. The van der Waals surface area contributed by atoms with Crippen molar-refractivity contribution in [2.75, 3.05) is 13.2 Å². The van der Waals surface area contributed by atoms with Crippen molar-refractivity contribution >= 4 is 23.5 Å². The van der Waals surface area contributed by atoms with Crippen molar-refractivity contribution in [1.82, 2.24) is 15.1 Å². The van der Waals surface area contributed by atoms with Gasteiger partial charge in [0.05, 0.1) is 23.3 Å². The van der Waals surface area contributed by atoms with E-state index in [0.717, 1.165) is 35.4 Å². The summed E-state index contributed by atoms with van der Waals surface area (Å²) >= 11 is 6.79. The fraction of sp³-hybridized carbons (Fsp3) is 0.455. The summed E-state index contributed by atoms with van der Waals surface area (Å²) in [6.07, 6.45) is 2.31. The minimum atomic E-state index is -0.811. The number of aryl methyl sites for hydroxylation is 1. The number of rotatable bonds is 4. The number of carbonyl (C=O) groups excluding carboxylic acids is 1. The summed E-state index contributed by atoms with van der Waals surface area (Å²) in [5, 5.41) is 8.93. The second-order valence-electron chi connectivity index (χ2n) is 8.15. The number of carbonyl (C=O) groups is 1. The molecule has 3 heterocycles. The third kappa shape index (κ3) is 4.04. The van der Waals surface area contributed by atoms with Crippen LogP contribution in [0.5, 0.6) is 0 Å². The number of halogens is 1. The highest BCUT2D eigenvalue weighted by molar-refractivity contribution is 6.32. The van der Waals surface area contributed by atoms with Crippen molar-refractivity contribution in [2.45, 2.75) is 51.1 Å². The van der Waals surface area contributed by atoms with Gasteiger partial charge in [-0.15, -0.1) is 0 Å². The Morgan fingerprint density at radius 2 is 2.00 bits per heavy atom. The molecule has 1 amide bonds. The number of nitrogens with zero attached hydrogens (tertiary/aromatic N) is 4. The zero-order chi connectivity index (χ0) is 21.3. The molecule has 0 radical (unpaired) electrons. The summed E-state index contributed by atoms with van der Waals surface area (Å²) in [5.41, 5.74) is 8.89. The number of nitrogens with two attached hydrogens (primary N) is 1. The quantitative estimate of drug-likeness (QED) is 0.809. The van der Waals surface area contributed by atoms with Gasteiger partial charge in [-0.25, -0.2) is 4.99 Å². The van der Waals surface area contributed by atoms with Gasteiger partial charge in [-0.3, -0.25) is 9.69 Å². The average molecular weight is 428 g/mol. The van der Waals surface area contributed by atoms with Crippen LogP contribution in [0.15, 0.2) is 35.3 Å². The molecule has 4 rings (SSSR count). The molecule has 1 saturated heterocycles. The molecule has 2 N–H and O–H groups in total. The molecule has 0 unspecified atom stereocenters. The van der Waals surface area contributed by atoms with E-state index in [1.54, 1.807) is 4.90 Å². The maximum atomic E-state index is 13.1. The number of hydrogen-bond acceptors (Lipinski definition) is 6. The third-order valence-corrected chi connectivity index (χ3v) is 6.26. The Balaban J connectivity index is 1.63. The van der Waals surface area contributed by atoms with Crippen LogP contribution in [0.1, 0.15) is 48.7 Å². The third-order valence-electron chi connectivity index (χ3n) is 5.81. The van der Waals surface area contributed by atoms with Crippen LogP contribution in [-0.2, 0) is 21.5 Å². The molecule has 0 aliphatic carbocycles. The molecule has 8 heteroatoms. The first kappa shape index (κ1) is 20.8. The van der Waals surface area contributed by atoms with Crippen molar-refractivity contribution in [3.05, 3.63) is 57.9 Å². The Hall–Kier alpha value is -2.51. The molecule has 0 saturated carbocycles. The highest BCUT2D eigenvalue weighted by Crippen LogP contribution is 2.39. The fourth-order valence-corrected chi connectivity index (χ4v) is 4.59. The van der Waals surface area contributed by atoms with E-state index in [9.17, 15) is 4.79 Å². The lowest BCUT2D eigenvalue weighted by atomic mass is 9.85. The summed E-state index contributed by atoms with van der Waals surface area (Å²) < 4.78 is 5.41. The van der Waals surface area contributed by atoms with Crippen molar-refractivity contribution < 1.29 is 9.53 Å². The number of aliphatic imine (C=N–C) groups is 1. The van der Waals surface area contributed by atoms with Gasteiger partial charge < -0.3 is 10.5 Å². The second-order valence-corrected chi connectivity index (χ2v) is 8.53. The SMILES string of the molecule is Cc1ccc(Cc2cccc([C@]3(C)CC(=O)N(C4CCOCC4)C(N)=N3)c2Cl)nn1. The molecular formula is C22H26ClN5O2. The highest BCUT2D eigenvalue weighted by Gasteiger charge is 2.41. The molecule has 2 aliphatic heterocycles. The van der Waals surface area contributed by atoms with Crippen LogP contribution in [-0.4, -0.2) is 46.2 Å². The molecule has 158 valence electrons. The Morgan fingerprint density at radius 3 is 2.67 bits per heavy atom. The number of benzene rings is 1. The van der Waals surface area contributed by atoms with Crippen LogP contribution in [0.25, 0.3) is 0 Å². The molecular weight excluding hydrogens is 402 g/mol. The zero-order valence-electron chi connectivity index (χ0n) is 17.3. The average Bonchev–Trinajstić information content (AvgIpc) is 2.71. The topological polar surface area (TPSA) is 93.7 Å². The van der Waals surface area contributed by atoms with E-state index in [4.69, 9.17) is 27.1 Å². The normalized spacial score (nSPS) is 22.8. The van der Waals surface area contributed by atoms with Crippen LogP contribution >= 0.6 is 11.6 Å². The molecule has 2 aliphatic rings. The van der Waals surface area contributed by atoms with Crippen molar-refractivity contribution in [2.24, 2.45) is 10.7 Å². The molecule has 1 atom stereocenters. The molecule has 1 fully saturated rings. The van der Waals surface area contributed by atoms with E-state index < -0.39 is 5.54 Å². The van der Waals surface area contributed by atoms with Crippen LogP contribution in [0.2, 0.25) is 5.02 Å². The first-order valence-corrected chi connectivity index (χ1v) is 10.6. The summed E-state index contributed by atoms with van der Waals surface area (Å²) in [7, 11) is 0. The molecule has 1 aromatic heterocycles. The molecule has 7 nitrogen and oxygen atoms in total. The van der Waals surface area contributed by atoms with Crippen LogP contribution in [0.4, 0.5) is 0 Å². The summed E-state index contributed by atoms with van der Waals surface area (Å²) in [5.74, 6) is 0.231. The largest absolute Gasteiger partial charge is 0.381 e. The van der Waals surface area contributed by atoms with Gasteiger partial charge in [-0.2, -0.15) is 10.2 Å². The zero-order valence-corrected chi connectivity index (χ0v) is 18.0. The maximum Gasteiger partial charge on any atom is 0.232 e. The summed E-state index contributed by atoms with van der Waals surface area (Å²) in [4.78, 5) is 19.5. The highest BCUT2D eigenvalue weighted by atomic mass is 35.5. The van der Waals surface area contributed by atoms with E-state index in [0.29, 0.717) is 24.7 Å². The van der Waals surface area contributed by atoms with Crippen LogP contribution in [0, 0.1) is 6.92 Å². The minimum Gasteiger partial charge on any atom is -0.381 e. The van der Waals surface area contributed by atoms with Crippen molar-refractivity contribution in [3.63, 3.8) is 0 Å². The summed E-state index contributed by atoms with van der Waals surface area (Å²) in [6.45, 7) is 5.08. The van der Waals surface area contributed by atoms with Gasteiger partial charge in [-0.05, 0) is 49.9 Å². The van der Waals surface area contributed by atoms with Gasteiger partial charge in [0.25, 0.3) is 0 Å². The Labute approximate surface area is 181 Å². The lowest BCUT2D eigenvalue weighted by Gasteiger charge is -2.40. The predicted molar refractivity (Wildman–Crippen MR) is 115 cm³/mol. The monoisotopic (exact) mass is 427 g/mol. The molecule has 2 aromatic rings. The van der Waals surface area contributed by atoms with Gasteiger partial charge in [0, 0.05) is 30.7 Å². The van der Waals surface area contributed by atoms with Crippen LogP contribution < -0.4 is 5.73 Å². The number of aromatic nitrogens is 2. The standard InChI is InChI=1S/C22H26ClN5O2/c1-14-6-7-16(27-26-14)12-15-4-3-5-18(20(15)23)22(2)13-19(29)28(21(24)25-22)17-8-10-30-11-9-17/h3-7,17H,8-13H2,1-2H3,(H2,24,25)/t22-/m0/s1. The smallest absolute Gasteiger partial charge is 0.232 e. The maximum absolute atomic E-state index is 13.1. The van der Waals surface area contributed by atoms with Gasteiger partial charge in [-0.1, -0.05) is 29.8 Å². The van der Waals surface area contributed by atoms with E-state index in [1.165, 1.54) is 0 Å². The van der Waals surface area contributed by atoms with Crippen LogP contribution in [0.3, 0.4) is 0 Å². The minimum absolute atomic E-state index is 0.0252. The fourth-order valence-electron chi connectivity index (χ4n) is 4.19. The van der Waals surface area contributed by atoms with E-state index >= 15 is 0 Å². The Bertz CT molecular complexity index is 972. The van der Waals surface area contributed by atoms with Gasteiger partial charge in [0.15, 0.2) is 5.96 Å². The van der Waals surface area contributed by atoms with Gasteiger partial charge in [0.1, 0.15) is 0 Å². The van der Waals surface area contributed by atoms with Crippen molar-refractivity contribution in [1.29, 1.82) is 0 Å². The lowest BCUT2D eigenvalue weighted by molar-refractivity contribution is -0.132. The number of hydrogen-bond donors (Lipinski definition) is 1.